The molecule has 5 rings (SSSR count). The van der Waals surface area contributed by atoms with Crippen LogP contribution in [0.15, 0.2) is 65.5 Å². The summed E-state index contributed by atoms with van der Waals surface area (Å²) in [5.41, 5.74) is 3.04. The second-order valence-electron chi connectivity index (χ2n) is 8.41. The molecule has 0 spiro atoms. The highest BCUT2D eigenvalue weighted by atomic mass is 32.1. The molecule has 0 N–H and O–H groups in total. The van der Waals surface area contributed by atoms with Crippen molar-refractivity contribution in [3.63, 3.8) is 0 Å². The van der Waals surface area contributed by atoms with Gasteiger partial charge >= 0.3 is 0 Å². The van der Waals surface area contributed by atoms with Gasteiger partial charge in [-0.2, -0.15) is 9.47 Å². The van der Waals surface area contributed by atoms with E-state index in [0.29, 0.717) is 5.69 Å². The molecule has 4 aromatic rings. The number of benzene rings is 2. The largest absolute Gasteiger partial charge is 0.360 e. The Hall–Kier alpha value is -3.43. The highest BCUT2D eigenvalue weighted by Gasteiger charge is 2.17. The number of likely N-dealkylation sites (N-methyl/N-ethyl adjacent to an activating group) is 1. The van der Waals surface area contributed by atoms with Crippen LogP contribution in [0.1, 0.15) is 5.56 Å². The lowest BCUT2D eigenvalue weighted by Crippen LogP contribution is -2.44. The number of rotatable bonds is 5. The molecule has 0 unspecified atom stereocenters. The summed E-state index contributed by atoms with van der Waals surface area (Å²) in [6, 6.07) is 16.0. The maximum absolute atomic E-state index is 13.6. The lowest BCUT2D eigenvalue weighted by atomic mass is 10.1. The molecule has 9 heteroatoms. The number of nitrogens with zero attached hydrogens (tertiary/aromatic N) is 5. The third kappa shape index (κ3) is 4.90. The summed E-state index contributed by atoms with van der Waals surface area (Å²) < 4.78 is 33.2. The number of anilines is 1. The van der Waals surface area contributed by atoms with Gasteiger partial charge in [-0.15, -0.1) is 0 Å². The Morgan fingerprint density at radius 1 is 0.882 bits per heavy atom. The van der Waals surface area contributed by atoms with Crippen LogP contribution in [0.4, 0.5) is 13.8 Å². The van der Waals surface area contributed by atoms with E-state index in [-0.39, 0.29) is 17.7 Å². The van der Waals surface area contributed by atoms with Gasteiger partial charge in [0.2, 0.25) is 0 Å². The molecule has 0 atom stereocenters. The monoisotopic (exact) mass is 479 g/mol. The fraction of sp³-hybridized carbons (Fsp3) is 0.240. The van der Waals surface area contributed by atoms with Crippen molar-refractivity contribution < 1.29 is 8.78 Å². The van der Waals surface area contributed by atoms with Crippen LogP contribution in [-0.4, -0.2) is 52.3 Å². The normalized spacial score (nSPS) is 14.5. The molecule has 0 aliphatic carbocycles. The Kier molecular flexibility index (Phi) is 6.21. The minimum absolute atomic E-state index is 0.230. The molecule has 6 nitrogen and oxygen atoms in total. The van der Waals surface area contributed by atoms with E-state index in [1.54, 1.807) is 0 Å². The molecule has 1 saturated heterocycles. The van der Waals surface area contributed by atoms with Crippen molar-refractivity contribution in [3.8, 4) is 22.5 Å². The van der Waals surface area contributed by atoms with Crippen LogP contribution in [0.5, 0.6) is 0 Å². The van der Waals surface area contributed by atoms with E-state index in [9.17, 15) is 13.6 Å². The van der Waals surface area contributed by atoms with Crippen LogP contribution in [0.2, 0.25) is 0 Å². The number of hydrogen-bond acceptors (Lipinski definition) is 6. The van der Waals surface area contributed by atoms with Crippen molar-refractivity contribution in [2.45, 2.75) is 6.54 Å². The first-order valence-corrected chi connectivity index (χ1v) is 11.8. The lowest BCUT2D eigenvalue weighted by molar-refractivity contribution is 0.313. The van der Waals surface area contributed by atoms with Gasteiger partial charge in [0.1, 0.15) is 16.6 Å². The SMILES string of the molecule is CN1CCN(c2cc(-c3cccc(Cn4nc(-c5cc(F)cc(F)c5)ccc4=O)c3)ns2)CC1. The van der Waals surface area contributed by atoms with Crippen molar-refractivity contribution >= 4 is 16.5 Å². The van der Waals surface area contributed by atoms with Gasteiger partial charge < -0.3 is 9.80 Å². The quantitative estimate of drug-likeness (QED) is 0.431. The van der Waals surface area contributed by atoms with Crippen molar-refractivity contribution in [3.05, 3.63) is 88.2 Å². The van der Waals surface area contributed by atoms with E-state index >= 15 is 0 Å². The van der Waals surface area contributed by atoms with Gasteiger partial charge in [0.15, 0.2) is 0 Å². The van der Waals surface area contributed by atoms with Crippen molar-refractivity contribution in [1.29, 1.82) is 0 Å². The highest BCUT2D eigenvalue weighted by molar-refractivity contribution is 7.10. The van der Waals surface area contributed by atoms with Gasteiger partial charge in [0, 0.05) is 55.5 Å². The summed E-state index contributed by atoms with van der Waals surface area (Å²) in [6.45, 7) is 4.27. The van der Waals surface area contributed by atoms with Crippen LogP contribution >= 0.6 is 11.5 Å². The zero-order chi connectivity index (χ0) is 23.7. The second-order valence-corrected chi connectivity index (χ2v) is 9.20. The molecule has 174 valence electrons. The second kappa shape index (κ2) is 9.44. The third-order valence-electron chi connectivity index (χ3n) is 5.89. The summed E-state index contributed by atoms with van der Waals surface area (Å²) in [5.74, 6) is -1.39. The topological polar surface area (TPSA) is 54.3 Å². The van der Waals surface area contributed by atoms with E-state index in [1.165, 1.54) is 40.5 Å². The van der Waals surface area contributed by atoms with Gasteiger partial charge in [0.25, 0.3) is 5.56 Å². The molecule has 2 aromatic heterocycles. The Bertz CT molecular complexity index is 1360. The van der Waals surface area contributed by atoms with Crippen molar-refractivity contribution in [1.82, 2.24) is 19.1 Å². The molecule has 1 aliphatic rings. The molecule has 1 fully saturated rings. The predicted molar refractivity (Wildman–Crippen MR) is 130 cm³/mol. The van der Waals surface area contributed by atoms with Crippen LogP contribution in [0.3, 0.4) is 0 Å². The minimum Gasteiger partial charge on any atom is -0.360 e. The van der Waals surface area contributed by atoms with E-state index in [1.807, 2.05) is 24.3 Å². The molecular weight excluding hydrogens is 456 g/mol. The molecule has 0 bridgehead atoms. The highest BCUT2D eigenvalue weighted by Crippen LogP contribution is 2.29. The molecule has 0 saturated carbocycles. The lowest BCUT2D eigenvalue weighted by Gasteiger charge is -2.32. The number of halogens is 2. The van der Waals surface area contributed by atoms with Crippen molar-refractivity contribution in [2.75, 3.05) is 38.1 Å². The summed E-state index contributed by atoms with van der Waals surface area (Å²) in [5, 5.41) is 5.49. The molecule has 2 aromatic carbocycles. The third-order valence-corrected chi connectivity index (χ3v) is 6.74. The first kappa shape index (κ1) is 22.4. The first-order chi connectivity index (χ1) is 16.4. The zero-order valence-corrected chi connectivity index (χ0v) is 19.4. The van der Waals surface area contributed by atoms with E-state index in [2.05, 4.69) is 32.4 Å². The molecule has 0 amide bonds. The smallest absolute Gasteiger partial charge is 0.267 e. The summed E-state index contributed by atoms with van der Waals surface area (Å²) in [4.78, 5) is 17.1. The number of hydrogen-bond donors (Lipinski definition) is 0. The Morgan fingerprint density at radius 3 is 2.41 bits per heavy atom. The van der Waals surface area contributed by atoms with Gasteiger partial charge in [-0.3, -0.25) is 4.79 Å². The Balaban J connectivity index is 1.38. The standard InChI is InChI=1S/C25H23F2N5OS/c1-30-7-9-31(10-8-30)25-15-23(29-34-25)18-4-2-3-17(11-18)16-32-24(33)6-5-22(28-32)19-12-20(26)14-21(27)13-19/h2-6,11-15H,7-10,16H2,1H3. The summed E-state index contributed by atoms with van der Waals surface area (Å²) >= 11 is 1.49. The van der Waals surface area contributed by atoms with Gasteiger partial charge in [-0.1, -0.05) is 18.2 Å². The minimum atomic E-state index is -0.693. The average molecular weight is 480 g/mol. The van der Waals surface area contributed by atoms with Crippen molar-refractivity contribution in [2.24, 2.45) is 0 Å². The summed E-state index contributed by atoms with van der Waals surface area (Å²) in [6.07, 6.45) is 0. The van der Waals surface area contributed by atoms with Gasteiger partial charge in [-0.05, 0) is 48.4 Å². The summed E-state index contributed by atoms with van der Waals surface area (Å²) in [7, 11) is 2.13. The van der Waals surface area contributed by atoms with E-state index in [4.69, 9.17) is 0 Å². The molecule has 34 heavy (non-hydrogen) atoms. The van der Waals surface area contributed by atoms with Gasteiger partial charge in [0.05, 0.1) is 17.9 Å². The average Bonchev–Trinajstić information content (AvgIpc) is 3.31. The Labute approximate surface area is 199 Å². The maximum Gasteiger partial charge on any atom is 0.267 e. The molecular formula is C25H23F2N5OS. The zero-order valence-electron chi connectivity index (χ0n) is 18.6. The molecule has 1 aliphatic heterocycles. The van der Waals surface area contributed by atoms with E-state index in [0.717, 1.165) is 54.1 Å². The molecule has 0 radical (unpaired) electrons. The fourth-order valence-corrected chi connectivity index (χ4v) is 4.81. The predicted octanol–water partition coefficient (Wildman–Crippen LogP) is 4.11. The number of aromatic nitrogens is 3. The van der Waals surface area contributed by atoms with Crippen LogP contribution in [0, 0.1) is 11.6 Å². The van der Waals surface area contributed by atoms with Crippen LogP contribution < -0.4 is 10.5 Å². The van der Waals surface area contributed by atoms with Gasteiger partial charge in [-0.25, -0.2) is 13.5 Å². The number of piperazine rings is 1. The molecule has 3 heterocycles. The van der Waals surface area contributed by atoms with Crippen LogP contribution in [0.25, 0.3) is 22.5 Å². The maximum atomic E-state index is 13.6. The first-order valence-electron chi connectivity index (χ1n) is 11.0. The van der Waals surface area contributed by atoms with E-state index < -0.39 is 11.6 Å². The Morgan fingerprint density at radius 2 is 1.65 bits per heavy atom. The van der Waals surface area contributed by atoms with Crippen LogP contribution in [-0.2, 0) is 6.54 Å². The fourth-order valence-electron chi connectivity index (χ4n) is 4.00.